The Hall–Kier alpha value is -2.47. The number of para-hydroxylation sites is 1. The van der Waals surface area contributed by atoms with E-state index in [0.29, 0.717) is 10.7 Å². The van der Waals surface area contributed by atoms with E-state index < -0.39 is 5.97 Å². The average molecular weight is 283 g/mol. The molecule has 0 radical (unpaired) electrons. The number of hydrogen-bond acceptors (Lipinski definition) is 5. The first-order chi connectivity index (χ1) is 9.74. The van der Waals surface area contributed by atoms with Gasteiger partial charge in [0.25, 0.3) is 0 Å². The van der Waals surface area contributed by atoms with E-state index >= 15 is 0 Å². The Morgan fingerprint density at radius 3 is 2.60 bits per heavy atom. The van der Waals surface area contributed by atoms with E-state index in [1.165, 1.54) is 11.8 Å². The fourth-order valence-electron chi connectivity index (χ4n) is 1.77. The maximum atomic E-state index is 11.1. The molecule has 0 amide bonds. The summed E-state index contributed by atoms with van der Waals surface area (Å²) in [5.41, 5.74) is 0.660. The Kier molecular flexibility index (Phi) is 3.30. The van der Waals surface area contributed by atoms with Crippen LogP contribution in [0.4, 0.5) is 0 Å². The molecule has 1 aromatic carbocycles. The van der Waals surface area contributed by atoms with Gasteiger partial charge in [0, 0.05) is 22.7 Å². The lowest BCUT2D eigenvalue weighted by Gasteiger charge is -2.06. The van der Waals surface area contributed by atoms with Crippen LogP contribution >= 0.6 is 11.8 Å². The Labute approximate surface area is 118 Å². The van der Waals surface area contributed by atoms with E-state index in [0.717, 1.165) is 10.3 Å². The number of hydrogen-bond donors (Lipinski definition) is 1. The molecule has 0 aliphatic carbocycles. The van der Waals surface area contributed by atoms with Gasteiger partial charge >= 0.3 is 5.97 Å². The minimum Gasteiger partial charge on any atom is -0.477 e. The molecule has 6 heteroatoms. The van der Waals surface area contributed by atoms with Gasteiger partial charge < -0.3 is 5.11 Å². The van der Waals surface area contributed by atoms with Gasteiger partial charge in [-0.25, -0.2) is 19.7 Å². The molecule has 5 nitrogen and oxygen atoms in total. The minimum atomic E-state index is -1.05. The van der Waals surface area contributed by atoms with Crippen molar-refractivity contribution in [3.63, 3.8) is 0 Å². The van der Waals surface area contributed by atoms with Crippen molar-refractivity contribution in [2.24, 2.45) is 0 Å². The van der Waals surface area contributed by atoms with E-state index in [9.17, 15) is 4.79 Å². The molecular weight excluding hydrogens is 274 g/mol. The van der Waals surface area contributed by atoms with Crippen LogP contribution in [0.5, 0.6) is 0 Å². The fourth-order valence-corrected chi connectivity index (χ4v) is 2.65. The molecule has 1 N–H and O–H groups in total. The molecule has 3 rings (SSSR count). The molecule has 2 aromatic heterocycles. The van der Waals surface area contributed by atoms with E-state index in [1.807, 2.05) is 18.2 Å². The van der Waals surface area contributed by atoms with Crippen LogP contribution in [0, 0.1) is 0 Å². The van der Waals surface area contributed by atoms with Gasteiger partial charge in [-0.2, -0.15) is 0 Å². The van der Waals surface area contributed by atoms with Crippen LogP contribution in [0.1, 0.15) is 10.5 Å². The third-order valence-electron chi connectivity index (χ3n) is 2.64. The first-order valence-electron chi connectivity index (χ1n) is 5.82. The standard InChI is InChI=1S/C14H9N3O2S/c18-13(19)11-8-12(20-14-15-6-3-7-16-14)9-4-1-2-5-10(9)17-11/h1-8H,(H,18,19). The zero-order valence-corrected chi connectivity index (χ0v) is 11.0. The van der Waals surface area contributed by atoms with Gasteiger partial charge in [-0.15, -0.1) is 0 Å². The maximum absolute atomic E-state index is 11.1. The van der Waals surface area contributed by atoms with E-state index in [1.54, 1.807) is 30.6 Å². The normalized spacial score (nSPS) is 10.6. The van der Waals surface area contributed by atoms with Crippen molar-refractivity contribution in [1.29, 1.82) is 0 Å². The molecule has 0 bridgehead atoms. The van der Waals surface area contributed by atoms with Gasteiger partial charge in [-0.3, -0.25) is 0 Å². The largest absolute Gasteiger partial charge is 0.477 e. The minimum absolute atomic E-state index is 0.0159. The summed E-state index contributed by atoms with van der Waals surface area (Å²) in [5, 5.41) is 10.6. The molecule has 20 heavy (non-hydrogen) atoms. The predicted molar refractivity (Wildman–Crippen MR) is 74.9 cm³/mol. The fraction of sp³-hybridized carbons (Fsp3) is 0. The number of benzene rings is 1. The molecular formula is C14H9N3O2S. The summed E-state index contributed by atoms with van der Waals surface area (Å²) < 4.78 is 0. The highest BCUT2D eigenvalue weighted by Gasteiger charge is 2.12. The highest BCUT2D eigenvalue weighted by molar-refractivity contribution is 7.99. The van der Waals surface area contributed by atoms with Crippen LogP contribution in [-0.2, 0) is 0 Å². The van der Waals surface area contributed by atoms with Gasteiger partial charge in [0.05, 0.1) is 5.52 Å². The summed E-state index contributed by atoms with van der Waals surface area (Å²) in [5.74, 6) is -1.05. The lowest BCUT2D eigenvalue weighted by Crippen LogP contribution is -2.01. The topological polar surface area (TPSA) is 76.0 Å². The van der Waals surface area contributed by atoms with E-state index in [4.69, 9.17) is 5.11 Å². The highest BCUT2D eigenvalue weighted by Crippen LogP contribution is 2.31. The van der Waals surface area contributed by atoms with Crippen LogP contribution in [0.2, 0.25) is 0 Å². The first kappa shape index (κ1) is 12.6. The quantitative estimate of drug-likeness (QED) is 0.745. The Morgan fingerprint density at radius 1 is 1.10 bits per heavy atom. The summed E-state index contributed by atoms with van der Waals surface area (Å²) in [6.45, 7) is 0. The van der Waals surface area contributed by atoms with Crippen molar-refractivity contribution in [2.45, 2.75) is 10.1 Å². The second kappa shape index (κ2) is 5.26. The van der Waals surface area contributed by atoms with Gasteiger partial charge in [0.15, 0.2) is 5.16 Å². The SMILES string of the molecule is O=C(O)c1cc(Sc2ncccn2)c2ccccc2n1. The number of carbonyl (C=O) groups is 1. The molecule has 0 aliphatic rings. The van der Waals surface area contributed by atoms with Crippen LogP contribution in [0.3, 0.4) is 0 Å². The molecule has 0 unspecified atom stereocenters. The summed E-state index contributed by atoms with van der Waals surface area (Å²) in [6.07, 6.45) is 3.30. The number of fused-ring (bicyclic) bond motifs is 1. The lowest BCUT2D eigenvalue weighted by molar-refractivity contribution is 0.0690. The number of pyridine rings is 1. The van der Waals surface area contributed by atoms with Crippen LogP contribution in [0.15, 0.2) is 58.8 Å². The average Bonchev–Trinajstić information content (AvgIpc) is 2.48. The molecule has 0 saturated heterocycles. The predicted octanol–water partition coefficient (Wildman–Crippen LogP) is 2.87. The summed E-state index contributed by atoms with van der Waals surface area (Å²) in [6, 6.07) is 10.7. The third-order valence-corrected chi connectivity index (χ3v) is 3.59. The molecule has 0 aliphatic heterocycles. The maximum Gasteiger partial charge on any atom is 0.354 e. The van der Waals surface area contributed by atoms with Crippen LogP contribution < -0.4 is 0 Å². The number of carboxylic acid groups (broad SMARTS) is 1. The lowest BCUT2D eigenvalue weighted by atomic mass is 10.2. The summed E-state index contributed by atoms with van der Waals surface area (Å²) >= 11 is 1.32. The Bertz CT molecular complexity index is 778. The monoisotopic (exact) mass is 283 g/mol. The van der Waals surface area contributed by atoms with Gasteiger partial charge in [0.1, 0.15) is 5.69 Å². The molecule has 3 aromatic rings. The molecule has 2 heterocycles. The van der Waals surface area contributed by atoms with Crippen LogP contribution in [-0.4, -0.2) is 26.0 Å². The molecule has 0 saturated carbocycles. The molecule has 0 spiro atoms. The highest BCUT2D eigenvalue weighted by atomic mass is 32.2. The Balaban J connectivity index is 2.15. The van der Waals surface area contributed by atoms with Gasteiger partial charge in [-0.05, 0) is 30.0 Å². The van der Waals surface area contributed by atoms with Gasteiger partial charge in [-0.1, -0.05) is 18.2 Å². The molecule has 98 valence electrons. The number of nitrogens with zero attached hydrogens (tertiary/aromatic N) is 3. The van der Waals surface area contributed by atoms with Crippen molar-refractivity contribution in [3.05, 3.63) is 54.5 Å². The van der Waals surface area contributed by atoms with Gasteiger partial charge in [0.2, 0.25) is 0 Å². The van der Waals surface area contributed by atoms with Crippen molar-refractivity contribution in [3.8, 4) is 0 Å². The number of aromatic carboxylic acids is 1. The van der Waals surface area contributed by atoms with E-state index in [-0.39, 0.29) is 5.69 Å². The summed E-state index contributed by atoms with van der Waals surface area (Å²) in [4.78, 5) is 24.3. The van der Waals surface area contributed by atoms with Crippen LogP contribution in [0.25, 0.3) is 10.9 Å². The van der Waals surface area contributed by atoms with Crippen molar-refractivity contribution >= 4 is 28.6 Å². The zero-order chi connectivity index (χ0) is 13.9. The smallest absolute Gasteiger partial charge is 0.354 e. The first-order valence-corrected chi connectivity index (χ1v) is 6.63. The molecule has 0 atom stereocenters. The van der Waals surface area contributed by atoms with Crippen molar-refractivity contribution in [1.82, 2.24) is 15.0 Å². The number of carboxylic acids is 1. The molecule has 0 fully saturated rings. The van der Waals surface area contributed by atoms with Crippen molar-refractivity contribution in [2.75, 3.05) is 0 Å². The van der Waals surface area contributed by atoms with E-state index in [2.05, 4.69) is 15.0 Å². The Morgan fingerprint density at radius 2 is 1.85 bits per heavy atom. The second-order valence-electron chi connectivity index (χ2n) is 3.96. The third kappa shape index (κ3) is 2.46. The number of aromatic nitrogens is 3. The summed E-state index contributed by atoms with van der Waals surface area (Å²) in [7, 11) is 0. The number of rotatable bonds is 3. The zero-order valence-electron chi connectivity index (χ0n) is 10.2. The second-order valence-corrected chi connectivity index (χ2v) is 4.97. The van der Waals surface area contributed by atoms with Crippen molar-refractivity contribution < 1.29 is 9.90 Å².